The molecule has 1 aromatic heterocycles. The van der Waals surface area contributed by atoms with Gasteiger partial charge in [-0.1, -0.05) is 0 Å². The van der Waals surface area contributed by atoms with E-state index in [0.29, 0.717) is 12.5 Å². The van der Waals surface area contributed by atoms with Gasteiger partial charge < -0.3 is 9.88 Å². The van der Waals surface area contributed by atoms with E-state index in [4.69, 9.17) is 0 Å². The number of hydrogen-bond donors (Lipinski definition) is 2. The highest BCUT2D eigenvalue weighted by Gasteiger charge is 2.22. The fraction of sp³-hybridized carbons (Fsp3) is 0.769. The molecular weight excluding hydrogens is 276 g/mol. The second kappa shape index (κ2) is 5.83. The summed E-state index contributed by atoms with van der Waals surface area (Å²) in [5.74, 6) is 1.49. The average Bonchev–Trinajstić information content (AvgIpc) is 3.07. The number of fused-ring (bicyclic) bond motifs is 1. The Morgan fingerprint density at radius 3 is 3.10 bits per heavy atom. The van der Waals surface area contributed by atoms with E-state index < -0.39 is 10.0 Å². The molecule has 1 aromatic rings. The third-order valence-electron chi connectivity index (χ3n) is 4.17. The molecule has 3 heterocycles. The van der Waals surface area contributed by atoms with Crippen LogP contribution in [-0.2, 0) is 23.0 Å². The van der Waals surface area contributed by atoms with Crippen molar-refractivity contribution < 1.29 is 8.42 Å². The van der Waals surface area contributed by atoms with Crippen molar-refractivity contribution in [2.24, 2.45) is 5.92 Å². The van der Waals surface area contributed by atoms with Crippen molar-refractivity contribution >= 4 is 10.0 Å². The van der Waals surface area contributed by atoms with E-state index in [-0.39, 0.29) is 5.03 Å². The lowest BCUT2D eigenvalue weighted by molar-refractivity contribution is 0.518. The third kappa shape index (κ3) is 3.05. The zero-order valence-electron chi connectivity index (χ0n) is 11.6. The van der Waals surface area contributed by atoms with Gasteiger partial charge in [0.15, 0.2) is 5.03 Å². The van der Waals surface area contributed by atoms with E-state index in [1.165, 1.54) is 0 Å². The molecule has 0 bridgehead atoms. The second-order valence-corrected chi connectivity index (χ2v) is 7.40. The van der Waals surface area contributed by atoms with Crippen molar-refractivity contribution in [3.63, 3.8) is 0 Å². The van der Waals surface area contributed by atoms with Gasteiger partial charge in [-0.15, -0.1) is 0 Å². The summed E-state index contributed by atoms with van der Waals surface area (Å²) >= 11 is 0. The van der Waals surface area contributed by atoms with Crippen molar-refractivity contribution in [1.29, 1.82) is 0 Å². The van der Waals surface area contributed by atoms with Crippen LogP contribution in [-0.4, -0.2) is 37.6 Å². The van der Waals surface area contributed by atoms with Gasteiger partial charge in [-0.25, -0.2) is 18.1 Å². The molecule has 6 nitrogen and oxygen atoms in total. The summed E-state index contributed by atoms with van der Waals surface area (Å²) in [5, 5.41) is 3.47. The molecule has 1 saturated heterocycles. The lowest BCUT2D eigenvalue weighted by Crippen LogP contribution is -2.27. The van der Waals surface area contributed by atoms with E-state index in [0.717, 1.165) is 57.6 Å². The fourth-order valence-corrected chi connectivity index (χ4v) is 3.97. The molecule has 0 radical (unpaired) electrons. The molecule has 1 atom stereocenters. The Balaban J connectivity index is 1.60. The van der Waals surface area contributed by atoms with Crippen LogP contribution in [0.5, 0.6) is 0 Å². The van der Waals surface area contributed by atoms with Gasteiger partial charge in [0.1, 0.15) is 5.82 Å². The topological polar surface area (TPSA) is 76.0 Å². The van der Waals surface area contributed by atoms with Crippen LogP contribution < -0.4 is 10.0 Å². The van der Waals surface area contributed by atoms with Gasteiger partial charge in [0, 0.05) is 25.7 Å². The first kappa shape index (κ1) is 14.0. The van der Waals surface area contributed by atoms with Crippen molar-refractivity contribution in [1.82, 2.24) is 19.6 Å². The molecule has 3 rings (SSSR count). The highest BCUT2D eigenvalue weighted by Crippen LogP contribution is 2.17. The number of rotatable bonds is 5. The SMILES string of the molecule is O=S(=O)(NCCC1CCNC1)c1cn2c(n1)CCCC2. The molecule has 0 spiro atoms. The first-order chi connectivity index (χ1) is 9.65. The highest BCUT2D eigenvalue weighted by molar-refractivity contribution is 7.89. The maximum absolute atomic E-state index is 12.2. The first-order valence-corrected chi connectivity index (χ1v) is 8.90. The number of nitrogens with zero attached hydrogens (tertiary/aromatic N) is 2. The molecule has 2 aliphatic heterocycles. The van der Waals surface area contributed by atoms with Crippen molar-refractivity contribution in [2.45, 2.75) is 43.7 Å². The Morgan fingerprint density at radius 2 is 2.35 bits per heavy atom. The van der Waals surface area contributed by atoms with Crippen LogP contribution in [0.4, 0.5) is 0 Å². The Morgan fingerprint density at radius 1 is 1.45 bits per heavy atom. The zero-order valence-corrected chi connectivity index (χ0v) is 12.5. The number of aromatic nitrogens is 2. The molecule has 0 saturated carbocycles. The van der Waals surface area contributed by atoms with Gasteiger partial charge in [0.2, 0.25) is 0 Å². The lowest BCUT2D eigenvalue weighted by atomic mass is 10.1. The summed E-state index contributed by atoms with van der Waals surface area (Å²) in [6.07, 6.45) is 6.78. The normalized spacial score (nSPS) is 22.9. The lowest BCUT2D eigenvalue weighted by Gasteiger charge is -2.11. The number of aryl methyl sites for hydroxylation is 2. The number of sulfonamides is 1. The summed E-state index contributed by atoms with van der Waals surface area (Å²) in [6, 6.07) is 0. The van der Waals surface area contributed by atoms with E-state index in [1.54, 1.807) is 6.20 Å². The van der Waals surface area contributed by atoms with Crippen LogP contribution in [0.25, 0.3) is 0 Å². The smallest absolute Gasteiger partial charge is 0.259 e. The van der Waals surface area contributed by atoms with Gasteiger partial charge in [-0.05, 0) is 44.7 Å². The van der Waals surface area contributed by atoms with Gasteiger partial charge in [0.25, 0.3) is 10.0 Å². The Bertz CT molecular complexity index is 537. The maximum Gasteiger partial charge on any atom is 0.259 e. The molecule has 0 amide bonds. The summed E-state index contributed by atoms with van der Waals surface area (Å²) in [4.78, 5) is 4.27. The van der Waals surface area contributed by atoms with Gasteiger partial charge in [-0.2, -0.15) is 0 Å². The predicted molar refractivity (Wildman–Crippen MR) is 75.9 cm³/mol. The summed E-state index contributed by atoms with van der Waals surface area (Å²) < 4.78 is 29.1. The molecular formula is C13H22N4O2S. The summed E-state index contributed by atoms with van der Waals surface area (Å²) in [6.45, 7) is 3.42. The van der Waals surface area contributed by atoms with Crippen molar-refractivity contribution in [2.75, 3.05) is 19.6 Å². The van der Waals surface area contributed by atoms with Crippen molar-refractivity contribution in [3.05, 3.63) is 12.0 Å². The number of nitrogens with one attached hydrogen (secondary N) is 2. The monoisotopic (exact) mass is 298 g/mol. The fourth-order valence-electron chi connectivity index (χ4n) is 2.95. The Hall–Kier alpha value is -0.920. The Labute approximate surface area is 120 Å². The molecule has 2 aliphatic rings. The van der Waals surface area contributed by atoms with Crippen LogP contribution in [0.1, 0.15) is 31.5 Å². The van der Waals surface area contributed by atoms with Crippen molar-refractivity contribution in [3.8, 4) is 0 Å². The molecule has 112 valence electrons. The van der Waals surface area contributed by atoms with Gasteiger partial charge in [0.05, 0.1) is 0 Å². The third-order valence-corrected chi connectivity index (χ3v) is 5.50. The minimum Gasteiger partial charge on any atom is -0.333 e. The quantitative estimate of drug-likeness (QED) is 0.830. The molecule has 20 heavy (non-hydrogen) atoms. The number of imidazole rings is 1. The van der Waals surface area contributed by atoms with Gasteiger partial charge in [-0.3, -0.25) is 0 Å². The van der Waals surface area contributed by atoms with E-state index in [9.17, 15) is 8.42 Å². The van der Waals surface area contributed by atoms with Crippen LogP contribution in [0.2, 0.25) is 0 Å². The minimum absolute atomic E-state index is 0.180. The van der Waals surface area contributed by atoms with Crippen LogP contribution in [0.3, 0.4) is 0 Å². The van der Waals surface area contributed by atoms with Crippen LogP contribution in [0, 0.1) is 5.92 Å². The predicted octanol–water partition coefficient (Wildman–Crippen LogP) is 0.497. The van der Waals surface area contributed by atoms with Crippen LogP contribution >= 0.6 is 0 Å². The second-order valence-electron chi connectivity index (χ2n) is 5.69. The maximum atomic E-state index is 12.2. The molecule has 0 aromatic carbocycles. The van der Waals surface area contributed by atoms with E-state index in [1.807, 2.05) is 4.57 Å². The largest absolute Gasteiger partial charge is 0.333 e. The van der Waals surface area contributed by atoms with Gasteiger partial charge >= 0.3 is 0 Å². The minimum atomic E-state index is -3.45. The average molecular weight is 298 g/mol. The number of hydrogen-bond acceptors (Lipinski definition) is 4. The molecule has 0 aliphatic carbocycles. The zero-order chi connectivity index (χ0) is 14.0. The molecule has 2 N–H and O–H groups in total. The Kier molecular flexibility index (Phi) is 4.09. The first-order valence-electron chi connectivity index (χ1n) is 7.41. The van der Waals surface area contributed by atoms with E-state index >= 15 is 0 Å². The molecule has 1 fully saturated rings. The standard InChI is InChI=1S/C13H22N4O2S/c18-20(19,15-7-5-11-4-6-14-9-11)13-10-17-8-2-1-3-12(17)16-13/h10-11,14-15H,1-9H2. The van der Waals surface area contributed by atoms with E-state index in [2.05, 4.69) is 15.0 Å². The molecule has 1 unspecified atom stereocenters. The summed E-state index contributed by atoms with van der Waals surface area (Å²) in [7, 11) is -3.45. The summed E-state index contributed by atoms with van der Waals surface area (Å²) in [5.41, 5.74) is 0. The molecule has 7 heteroatoms. The highest BCUT2D eigenvalue weighted by atomic mass is 32.2. The van der Waals surface area contributed by atoms with Crippen LogP contribution in [0.15, 0.2) is 11.2 Å².